The van der Waals surface area contributed by atoms with Crippen LogP contribution < -0.4 is 5.73 Å². The number of para-hydroxylation sites is 1. The van der Waals surface area contributed by atoms with Crippen molar-refractivity contribution in [3.8, 4) is 0 Å². The van der Waals surface area contributed by atoms with Crippen molar-refractivity contribution in [3.05, 3.63) is 30.0 Å². The number of nitrogens with one attached hydrogen (secondary N) is 1. The fraction of sp³-hybridized carbons (Fsp3) is 0.467. The molecule has 1 amide bonds. The summed E-state index contributed by atoms with van der Waals surface area (Å²) in [5, 5.41) is 8.00. The smallest absolute Gasteiger partial charge is 0.274 e. The van der Waals surface area contributed by atoms with Crippen molar-refractivity contribution >= 4 is 16.8 Å². The maximum absolute atomic E-state index is 12.6. The Morgan fingerprint density at radius 3 is 2.80 bits per heavy atom. The van der Waals surface area contributed by atoms with Gasteiger partial charge in [-0.05, 0) is 31.7 Å². The van der Waals surface area contributed by atoms with Crippen LogP contribution in [0.4, 0.5) is 0 Å². The molecule has 1 saturated heterocycles. The lowest BCUT2D eigenvalue weighted by Crippen LogP contribution is -2.42. The van der Waals surface area contributed by atoms with Crippen LogP contribution in [-0.4, -0.2) is 40.1 Å². The molecule has 1 aromatic heterocycles. The first-order chi connectivity index (χ1) is 9.66. The fourth-order valence-electron chi connectivity index (χ4n) is 2.90. The van der Waals surface area contributed by atoms with Gasteiger partial charge in [0.1, 0.15) is 0 Å². The third-order valence-corrected chi connectivity index (χ3v) is 4.24. The first-order valence-corrected chi connectivity index (χ1v) is 7.15. The lowest BCUT2D eigenvalue weighted by molar-refractivity contribution is 0.0677. The van der Waals surface area contributed by atoms with Gasteiger partial charge in [0.2, 0.25) is 0 Å². The topological polar surface area (TPSA) is 75.0 Å². The predicted octanol–water partition coefficient (Wildman–Crippen LogP) is 1.76. The molecule has 3 N–H and O–H groups in total. The molecule has 0 saturated carbocycles. The summed E-state index contributed by atoms with van der Waals surface area (Å²) in [5.74, 6) is 0.542. The van der Waals surface area contributed by atoms with Crippen molar-refractivity contribution in [1.82, 2.24) is 15.1 Å². The van der Waals surface area contributed by atoms with Crippen LogP contribution >= 0.6 is 0 Å². The van der Waals surface area contributed by atoms with E-state index >= 15 is 0 Å². The number of carbonyl (C=O) groups excluding carboxylic acids is 1. The molecule has 0 spiro atoms. The lowest BCUT2D eigenvalue weighted by atomic mass is 9.91. The van der Waals surface area contributed by atoms with Crippen LogP contribution in [0.2, 0.25) is 0 Å². The molecule has 0 bridgehead atoms. The third-order valence-electron chi connectivity index (χ3n) is 4.24. The van der Waals surface area contributed by atoms with Gasteiger partial charge in [-0.2, -0.15) is 5.10 Å². The zero-order valence-electron chi connectivity index (χ0n) is 11.7. The van der Waals surface area contributed by atoms with Crippen LogP contribution in [0, 0.1) is 5.92 Å². The van der Waals surface area contributed by atoms with Crippen LogP contribution in [-0.2, 0) is 0 Å². The summed E-state index contributed by atoms with van der Waals surface area (Å²) >= 11 is 0. The van der Waals surface area contributed by atoms with Crippen molar-refractivity contribution in [3.63, 3.8) is 0 Å². The van der Waals surface area contributed by atoms with Gasteiger partial charge in [-0.1, -0.05) is 18.2 Å². The first-order valence-electron chi connectivity index (χ1n) is 7.15. The number of benzene rings is 1. The summed E-state index contributed by atoms with van der Waals surface area (Å²) in [4.78, 5) is 14.5. The molecule has 5 heteroatoms. The molecular weight excluding hydrogens is 252 g/mol. The highest BCUT2D eigenvalue weighted by atomic mass is 16.2. The van der Waals surface area contributed by atoms with Gasteiger partial charge in [-0.3, -0.25) is 9.89 Å². The molecular formula is C15H20N4O. The molecule has 5 nitrogen and oxygen atoms in total. The Bertz CT molecular complexity index is 611. The SMILES string of the molecule is CC(N)C1CCN(C(=O)c2n[nH]c3ccccc23)CC1. The molecule has 1 fully saturated rings. The van der Waals surface area contributed by atoms with Gasteiger partial charge in [-0.25, -0.2) is 0 Å². The molecule has 20 heavy (non-hydrogen) atoms. The number of nitrogens with two attached hydrogens (primary N) is 1. The summed E-state index contributed by atoms with van der Waals surface area (Å²) < 4.78 is 0. The number of hydrogen-bond acceptors (Lipinski definition) is 3. The number of rotatable bonds is 2. The van der Waals surface area contributed by atoms with Crippen LogP contribution in [0.15, 0.2) is 24.3 Å². The highest BCUT2D eigenvalue weighted by molar-refractivity contribution is 6.04. The molecule has 1 aromatic carbocycles. The summed E-state index contributed by atoms with van der Waals surface area (Å²) in [5.41, 5.74) is 7.37. The minimum atomic E-state index is 0.0191. The summed E-state index contributed by atoms with van der Waals surface area (Å²) in [6.07, 6.45) is 1.96. The molecule has 0 radical (unpaired) electrons. The second-order valence-electron chi connectivity index (χ2n) is 5.61. The summed E-state index contributed by atoms with van der Waals surface area (Å²) in [6.45, 7) is 3.59. The number of hydrogen-bond donors (Lipinski definition) is 2. The average Bonchev–Trinajstić information content (AvgIpc) is 2.90. The maximum Gasteiger partial charge on any atom is 0.274 e. The summed E-state index contributed by atoms with van der Waals surface area (Å²) in [6, 6.07) is 7.93. The minimum Gasteiger partial charge on any atom is -0.337 e. The van der Waals surface area contributed by atoms with Crippen LogP contribution in [0.3, 0.4) is 0 Å². The first kappa shape index (κ1) is 13.1. The Morgan fingerprint density at radius 1 is 1.40 bits per heavy atom. The molecule has 3 rings (SSSR count). The number of piperidine rings is 1. The number of aromatic amines is 1. The Morgan fingerprint density at radius 2 is 2.10 bits per heavy atom. The van der Waals surface area contributed by atoms with E-state index in [1.165, 1.54) is 0 Å². The van der Waals surface area contributed by atoms with Crippen molar-refractivity contribution in [2.45, 2.75) is 25.8 Å². The zero-order valence-corrected chi connectivity index (χ0v) is 11.7. The molecule has 1 atom stereocenters. The van der Waals surface area contributed by atoms with Gasteiger partial charge < -0.3 is 10.6 Å². The molecule has 106 valence electrons. The second-order valence-corrected chi connectivity index (χ2v) is 5.61. The lowest BCUT2D eigenvalue weighted by Gasteiger charge is -2.33. The molecule has 2 heterocycles. The van der Waals surface area contributed by atoms with E-state index in [-0.39, 0.29) is 11.9 Å². The zero-order chi connectivity index (χ0) is 14.1. The Kier molecular flexibility index (Phi) is 3.44. The quantitative estimate of drug-likeness (QED) is 0.874. The van der Waals surface area contributed by atoms with E-state index in [4.69, 9.17) is 5.73 Å². The highest BCUT2D eigenvalue weighted by Gasteiger charge is 2.27. The van der Waals surface area contributed by atoms with E-state index < -0.39 is 0 Å². The number of amides is 1. The summed E-state index contributed by atoms with van der Waals surface area (Å²) in [7, 11) is 0. The minimum absolute atomic E-state index is 0.0191. The van der Waals surface area contributed by atoms with Crippen molar-refractivity contribution in [1.29, 1.82) is 0 Å². The molecule has 1 aliphatic rings. The van der Waals surface area contributed by atoms with Gasteiger partial charge in [0.15, 0.2) is 5.69 Å². The maximum atomic E-state index is 12.6. The van der Waals surface area contributed by atoms with Crippen molar-refractivity contribution < 1.29 is 4.79 Å². The number of carbonyl (C=O) groups is 1. The number of H-pyrrole nitrogens is 1. The molecule has 2 aromatic rings. The van der Waals surface area contributed by atoms with Crippen LogP contribution in [0.1, 0.15) is 30.3 Å². The average molecular weight is 272 g/mol. The fourth-order valence-corrected chi connectivity index (χ4v) is 2.90. The molecule has 0 aliphatic carbocycles. The standard InChI is InChI=1S/C15H20N4O/c1-10(16)11-6-8-19(9-7-11)15(20)14-12-4-2-3-5-13(12)17-18-14/h2-5,10-11H,6-9,16H2,1H3,(H,17,18). The monoisotopic (exact) mass is 272 g/mol. The van der Waals surface area contributed by atoms with E-state index in [0.29, 0.717) is 11.6 Å². The van der Waals surface area contributed by atoms with Crippen molar-refractivity contribution in [2.24, 2.45) is 11.7 Å². The van der Waals surface area contributed by atoms with Crippen LogP contribution in [0.5, 0.6) is 0 Å². The van der Waals surface area contributed by atoms with Gasteiger partial charge >= 0.3 is 0 Å². The normalized spacial score (nSPS) is 18.4. The van der Waals surface area contributed by atoms with Crippen molar-refractivity contribution in [2.75, 3.05) is 13.1 Å². The van der Waals surface area contributed by atoms with E-state index in [2.05, 4.69) is 10.2 Å². The number of likely N-dealkylation sites (tertiary alicyclic amines) is 1. The Balaban J connectivity index is 1.77. The Labute approximate surface area is 118 Å². The van der Waals surface area contributed by atoms with E-state index in [1.54, 1.807) is 0 Å². The Hall–Kier alpha value is -1.88. The highest BCUT2D eigenvalue weighted by Crippen LogP contribution is 2.23. The van der Waals surface area contributed by atoms with Crippen LogP contribution in [0.25, 0.3) is 10.9 Å². The largest absolute Gasteiger partial charge is 0.337 e. The van der Waals surface area contributed by atoms with Gasteiger partial charge in [0.05, 0.1) is 5.52 Å². The molecule has 1 aliphatic heterocycles. The van der Waals surface area contributed by atoms with Gasteiger partial charge in [0, 0.05) is 24.5 Å². The van der Waals surface area contributed by atoms with E-state index in [0.717, 1.165) is 36.8 Å². The predicted molar refractivity (Wildman–Crippen MR) is 78.4 cm³/mol. The molecule has 1 unspecified atom stereocenters. The van der Waals surface area contributed by atoms with E-state index in [9.17, 15) is 4.79 Å². The van der Waals surface area contributed by atoms with E-state index in [1.807, 2.05) is 36.1 Å². The third kappa shape index (κ3) is 2.29. The number of nitrogens with zero attached hydrogens (tertiary/aromatic N) is 2. The van der Waals surface area contributed by atoms with Gasteiger partial charge in [-0.15, -0.1) is 0 Å². The number of aromatic nitrogens is 2. The second kappa shape index (κ2) is 5.25. The van der Waals surface area contributed by atoms with Gasteiger partial charge in [0.25, 0.3) is 5.91 Å². The number of fused-ring (bicyclic) bond motifs is 1.